The van der Waals surface area contributed by atoms with Gasteiger partial charge in [-0.1, -0.05) is 42.3 Å². The van der Waals surface area contributed by atoms with Gasteiger partial charge in [-0.3, -0.25) is 0 Å². The Labute approximate surface area is 125 Å². The number of hydrogen-bond donors (Lipinski definition) is 0. The van der Waals surface area contributed by atoms with Crippen LogP contribution in [0.4, 0.5) is 5.69 Å². The molecule has 1 unspecified atom stereocenters. The van der Waals surface area contributed by atoms with Crippen LogP contribution in [0.2, 0.25) is 0 Å². The van der Waals surface area contributed by atoms with Crippen molar-refractivity contribution in [2.24, 2.45) is 0 Å². The van der Waals surface area contributed by atoms with E-state index in [0.717, 1.165) is 41.5 Å². The third-order valence-corrected chi connectivity index (χ3v) is 4.17. The highest BCUT2D eigenvalue weighted by atomic mass is 79.9. The SMILES string of the molecule is CCCCN(c1ccc(CBr)cc1C#N)C(C)CC. The Bertz CT molecular complexity index is 437. The topological polar surface area (TPSA) is 27.0 Å². The molecule has 1 aromatic rings. The predicted molar refractivity (Wildman–Crippen MR) is 85.8 cm³/mol. The third kappa shape index (κ3) is 4.24. The highest BCUT2D eigenvalue weighted by molar-refractivity contribution is 9.08. The van der Waals surface area contributed by atoms with E-state index in [1.165, 1.54) is 6.42 Å². The zero-order valence-corrected chi connectivity index (χ0v) is 13.7. The number of alkyl halides is 1. The van der Waals surface area contributed by atoms with Crippen molar-refractivity contribution in [2.45, 2.75) is 51.4 Å². The number of unbranched alkanes of at least 4 members (excludes halogenated alkanes) is 1. The Hall–Kier alpha value is -1.01. The molecule has 0 heterocycles. The monoisotopic (exact) mass is 322 g/mol. The quantitative estimate of drug-likeness (QED) is 0.670. The maximum atomic E-state index is 9.38. The van der Waals surface area contributed by atoms with Crippen molar-refractivity contribution >= 4 is 21.6 Å². The van der Waals surface area contributed by atoms with E-state index in [4.69, 9.17) is 0 Å². The first kappa shape index (κ1) is 16.0. The minimum Gasteiger partial charge on any atom is -0.368 e. The maximum Gasteiger partial charge on any atom is 0.101 e. The fourth-order valence-corrected chi connectivity index (χ4v) is 2.48. The summed E-state index contributed by atoms with van der Waals surface area (Å²) in [6, 6.07) is 9.00. The second-order valence-corrected chi connectivity index (χ2v) is 5.46. The maximum absolute atomic E-state index is 9.38. The standard InChI is InChI=1S/C16H23BrN2/c1-4-6-9-19(13(3)5-2)16-8-7-14(11-17)10-15(16)12-18/h7-8,10,13H,4-6,9,11H2,1-3H3. The number of nitriles is 1. The molecular weight excluding hydrogens is 300 g/mol. The second kappa shape index (κ2) is 8.22. The molecule has 0 N–H and O–H groups in total. The molecule has 0 aliphatic carbocycles. The van der Waals surface area contributed by atoms with E-state index in [9.17, 15) is 5.26 Å². The molecule has 0 saturated carbocycles. The van der Waals surface area contributed by atoms with Crippen LogP contribution in [0.3, 0.4) is 0 Å². The van der Waals surface area contributed by atoms with Gasteiger partial charge in [-0.25, -0.2) is 0 Å². The molecule has 0 spiro atoms. The minimum absolute atomic E-state index is 0.466. The molecule has 19 heavy (non-hydrogen) atoms. The summed E-state index contributed by atoms with van der Waals surface area (Å²) in [4.78, 5) is 2.38. The van der Waals surface area contributed by atoms with E-state index in [1.807, 2.05) is 6.07 Å². The lowest BCUT2D eigenvalue weighted by Gasteiger charge is -2.31. The highest BCUT2D eigenvalue weighted by Crippen LogP contribution is 2.25. The van der Waals surface area contributed by atoms with E-state index < -0.39 is 0 Å². The van der Waals surface area contributed by atoms with Gasteiger partial charge in [0.05, 0.1) is 11.3 Å². The zero-order valence-electron chi connectivity index (χ0n) is 12.1. The number of halogens is 1. The summed E-state index contributed by atoms with van der Waals surface area (Å²) in [6.07, 6.45) is 3.43. The lowest BCUT2D eigenvalue weighted by Crippen LogP contribution is -2.34. The first-order chi connectivity index (χ1) is 9.17. The smallest absolute Gasteiger partial charge is 0.101 e. The number of nitrogens with zero attached hydrogens (tertiary/aromatic N) is 2. The van der Waals surface area contributed by atoms with Gasteiger partial charge >= 0.3 is 0 Å². The predicted octanol–water partition coefficient (Wildman–Crippen LogP) is 4.86. The Morgan fingerprint density at radius 2 is 2.11 bits per heavy atom. The molecule has 1 aromatic carbocycles. The van der Waals surface area contributed by atoms with Gasteiger partial charge in [-0.05, 0) is 37.5 Å². The Morgan fingerprint density at radius 3 is 2.63 bits per heavy atom. The molecule has 0 aromatic heterocycles. The summed E-state index contributed by atoms with van der Waals surface area (Å²) in [5.74, 6) is 0. The van der Waals surface area contributed by atoms with Gasteiger partial charge in [-0.15, -0.1) is 0 Å². The molecule has 2 nitrogen and oxygen atoms in total. The van der Waals surface area contributed by atoms with E-state index in [1.54, 1.807) is 0 Å². The summed E-state index contributed by atoms with van der Waals surface area (Å²) in [7, 11) is 0. The van der Waals surface area contributed by atoms with Crippen molar-refractivity contribution in [3.8, 4) is 6.07 Å². The molecule has 1 rings (SSSR count). The van der Waals surface area contributed by atoms with Crippen LogP contribution in [-0.4, -0.2) is 12.6 Å². The van der Waals surface area contributed by atoms with Gasteiger partial charge in [0.15, 0.2) is 0 Å². The van der Waals surface area contributed by atoms with Crippen LogP contribution in [0.1, 0.15) is 51.2 Å². The molecule has 104 valence electrons. The summed E-state index contributed by atoms with van der Waals surface area (Å²) in [6.45, 7) is 7.65. The minimum atomic E-state index is 0.466. The van der Waals surface area contributed by atoms with Crippen molar-refractivity contribution < 1.29 is 0 Å². The van der Waals surface area contributed by atoms with Crippen LogP contribution in [0.5, 0.6) is 0 Å². The fourth-order valence-electron chi connectivity index (χ4n) is 2.13. The van der Waals surface area contributed by atoms with Crippen molar-refractivity contribution in [3.05, 3.63) is 29.3 Å². The first-order valence-corrected chi connectivity index (χ1v) is 8.15. The van der Waals surface area contributed by atoms with Crippen molar-refractivity contribution in [1.82, 2.24) is 0 Å². The van der Waals surface area contributed by atoms with Crippen LogP contribution >= 0.6 is 15.9 Å². The van der Waals surface area contributed by atoms with Crippen molar-refractivity contribution in [1.29, 1.82) is 5.26 Å². The molecule has 0 aliphatic rings. The molecule has 3 heteroatoms. The first-order valence-electron chi connectivity index (χ1n) is 7.03. The molecule has 0 radical (unpaired) electrons. The Kier molecular flexibility index (Phi) is 6.94. The number of benzene rings is 1. The van der Waals surface area contributed by atoms with Crippen LogP contribution in [0.15, 0.2) is 18.2 Å². The molecule has 0 fully saturated rings. The zero-order chi connectivity index (χ0) is 14.3. The Morgan fingerprint density at radius 1 is 1.37 bits per heavy atom. The lowest BCUT2D eigenvalue weighted by molar-refractivity contribution is 0.595. The molecule has 1 atom stereocenters. The molecule has 0 saturated heterocycles. The summed E-state index contributed by atoms with van der Waals surface area (Å²) in [5, 5.41) is 10.2. The Balaban J connectivity index is 3.10. The summed E-state index contributed by atoms with van der Waals surface area (Å²) in [5.41, 5.74) is 3.02. The average molecular weight is 323 g/mol. The van der Waals surface area contributed by atoms with Gasteiger partial charge in [0.1, 0.15) is 6.07 Å². The van der Waals surface area contributed by atoms with Gasteiger partial charge in [0.2, 0.25) is 0 Å². The van der Waals surface area contributed by atoms with Gasteiger partial charge < -0.3 is 4.90 Å². The van der Waals surface area contributed by atoms with Crippen LogP contribution in [-0.2, 0) is 5.33 Å². The molecule has 0 aliphatic heterocycles. The molecular formula is C16H23BrN2. The highest BCUT2D eigenvalue weighted by Gasteiger charge is 2.16. The lowest BCUT2D eigenvalue weighted by atomic mass is 10.1. The summed E-state index contributed by atoms with van der Waals surface area (Å²) < 4.78 is 0. The number of hydrogen-bond acceptors (Lipinski definition) is 2. The van der Waals surface area contributed by atoms with Crippen molar-refractivity contribution in [3.63, 3.8) is 0 Å². The largest absolute Gasteiger partial charge is 0.368 e. The van der Waals surface area contributed by atoms with Crippen molar-refractivity contribution in [2.75, 3.05) is 11.4 Å². The van der Waals surface area contributed by atoms with E-state index in [2.05, 4.69) is 59.8 Å². The second-order valence-electron chi connectivity index (χ2n) is 4.90. The fraction of sp³-hybridized carbons (Fsp3) is 0.562. The normalized spacial score (nSPS) is 11.9. The van der Waals surface area contributed by atoms with Gasteiger partial charge in [0, 0.05) is 17.9 Å². The van der Waals surface area contributed by atoms with Crippen LogP contribution in [0, 0.1) is 11.3 Å². The number of rotatable bonds is 7. The van der Waals surface area contributed by atoms with Crippen LogP contribution < -0.4 is 4.90 Å². The van der Waals surface area contributed by atoms with Gasteiger partial charge in [-0.2, -0.15) is 5.26 Å². The van der Waals surface area contributed by atoms with E-state index in [0.29, 0.717) is 6.04 Å². The van der Waals surface area contributed by atoms with E-state index >= 15 is 0 Å². The average Bonchev–Trinajstić information content (AvgIpc) is 2.47. The van der Waals surface area contributed by atoms with Gasteiger partial charge in [0.25, 0.3) is 0 Å². The third-order valence-electron chi connectivity index (χ3n) is 3.52. The van der Waals surface area contributed by atoms with Crippen LogP contribution in [0.25, 0.3) is 0 Å². The number of anilines is 1. The van der Waals surface area contributed by atoms with E-state index in [-0.39, 0.29) is 0 Å². The molecule has 0 bridgehead atoms. The molecule has 0 amide bonds. The summed E-state index contributed by atoms with van der Waals surface area (Å²) >= 11 is 3.44.